The first-order valence-electron chi connectivity index (χ1n) is 6.76. The van der Waals surface area contributed by atoms with Gasteiger partial charge in [0.05, 0.1) is 0 Å². The van der Waals surface area contributed by atoms with Crippen LogP contribution in [0.25, 0.3) is 0 Å². The normalized spacial score (nSPS) is 14.7. The predicted octanol–water partition coefficient (Wildman–Crippen LogP) is 3.38. The van der Waals surface area contributed by atoms with Crippen molar-refractivity contribution in [3.05, 3.63) is 54.6 Å². The van der Waals surface area contributed by atoms with E-state index in [9.17, 15) is 0 Å². The van der Waals surface area contributed by atoms with Gasteiger partial charge in [0.15, 0.2) is 0 Å². The minimum atomic E-state index is 0.511. The summed E-state index contributed by atoms with van der Waals surface area (Å²) in [6.45, 7) is 6.94. The molecule has 1 aromatic heterocycles. The van der Waals surface area contributed by atoms with Crippen LogP contribution in [0, 0.1) is 11.8 Å². The van der Waals surface area contributed by atoms with Gasteiger partial charge in [0.25, 0.3) is 0 Å². The summed E-state index contributed by atoms with van der Waals surface area (Å²) in [6.07, 6.45) is 7.28. The van der Waals surface area contributed by atoms with Crippen molar-refractivity contribution < 1.29 is 4.57 Å². The fraction of sp³-hybridized carbons (Fsp3) is 0.438. The molecule has 1 N–H and O–H groups in total. The van der Waals surface area contributed by atoms with E-state index in [2.05, 4.69) is 66.9 Å². The molecular weight excluding hydrogens is 220 g/mol. The maximum atomic E-state index is 3.13. The smallest absolute Gasteiger partial charge is 0.241 e. The first-order chi connectivity index (χ1) is 8.68. The Bertz CT molecular complexity index is 445. The molecule has 0 bridgehead atoms. The minimum absolute atomic E-state index is 0.511. The number of aromatic nitrogens is 2. The Morgan fingerprint density at radius 2 is 1.83 bits per heavy atom. The van der Waals surface area contributed by atoms with E-state index in [1.807, 2.05) is 12.5 Å². The molecule has 1 aromatic carbocycles. The third kappa shape index (κ3) is 3.00. The number of H-pyrrole nitrogens is 1. The van der Waals surface area contributed by atoms with Crippen molar-refractivity contribution in [3.8, 4) is 0 Å². The Kier molecular flexibility index (Phi) is 4.19. The summed E-state index contributed by atoms with van der Waals surface area (Å²) in [6, 6.07) is 11.3. The molecule has 2 rings (SSSR count). The molecule has 0 radical (unpaired) electrons. The fourth-order valence-corrected chi connectivity index (χ4v) is 2.63. The van der Waals surface area contributed by atoms with Crippen LogP contribution in [0.5, 0.6) is 0 Å². The maximum absolute atomic E-state index is 3.13. The monoisotopic (exact) mass is 243 g/mol. The van der Waals surface area contributed by atoms with E-state index in [-0.39, 0.29) is 0 Å². The molecule has 0 saturated heterocycles. The molecule has 0 aliphatic heterocycles. The molecule has 0 spiro atoms. The van der Waals surface area contributed by atoms with Crippen molar-refractivity contribution in [2.24, 2.45) is 11.8 Å². The first-order valence-corrected chi connectivity index (χ1v) is 6.76. The van der Waals surface area contributed by atoms with E-state index >= 15 is 0 Å². The molecule has 2 aromatic rings. The highest BCUT2D eigenvalue weighted by molar-refractivity contribution is 5.15. The minimum Gasteiger partial charge on any atom is -0.250 e. The molecule has 2 atom stereocenters. The summed E-state index contributed by atoms with van der Waals surface area (Å²) < 4.78 is 2.27. The number of imidazole rings is 1. The molecule has 0 amide bonds. The van der Waals surface area contributed by atoms with Gasteiger partial charge in [-0.3, -0.25) is 4.98 Å². The number of hydrogen-bond acceptors (Lipinski definition) is 0. The van der Waals surface area contributed by atoms with Crippen molar-refractivity contribution >= 4 is 0 Å². The lowest BCUT2D eigenvalue weighted by Gasteiger charge is -2.25. The zero-order valence-corrected chi connectivity index (χ0v) is 11.5. The van der Waals surface area contributed by atoms with E-state index in [0.29, 0.717) is 17.9 Å². The van der Waals surface area contributed by atoms with Crippen LogP contribution in [0.3, 0.4) is 0 Å². The first kappa shape index (κ1) is 12.9. The average molecular weight is 243 g/mol. The highest BCUT2D eigenvalue weighted by Gasteiger charge is 2.25. The van der Waals surface area contributed by atoms with Gasteiger partial charge in [-0.15, -0.1) is 0 Å². The summed E-state index contributed by atoms with van der Waals surface area (Å²) in [5.74, 6) is 1.32. The average Bonchev–Trinajstić information content (AvgIpc) is 2.90. The number of hydrogen-bond donors (Lipinski definition) is 1. The van der Waals surface area contributed by atoms with Crippen LogP contribution in [0.15, 0.2) is 49.1 Å². The number of benzene rings is 1. The van der Waals surface area contributed by atoms with Gasteiger partial charge in [-0.05, 0) is 24.8 Å². The van der Waals surface area contributed by atoms with Crippen molar-refractivity contribution in [2.45, 2.75) is 33.2 Å². The molecule has 2 unspecified atom stereocenters. The summed E-state index contributed by atoms with van der Waals surface area (Å²) >= 11 is 0. The summed E-state index contributed by atoms with van der Waals surface area (Å²) in [5.41, 5.74) is 1.43. The number of nitrogens with zero attached hydrogens (tertiary/aromatic N) is 1. The molecule has 0 saturated carbocycles. The van der Waals surface area contributed by atoms with Crippen LogP contribution >= 0.6 is 0 Å². The third-order valence-corrected chi connectivity index (χ3v) is 3.83. The second-order valence-corrected chi connectivity index (χ2v) is 5.40. The maximum Gasteiger partial charge on any atom is 0.241 e. The highest BCUT2D eigenvalue weighted by Crippen LogP contribution is 2.25. The van der Waals surface area contributed by atoms with Crippen molar-refractivity contribution in [3.63, 3.8) is 0 Å². The van der Waals surface area contributed by atoms with E-state index < -0.39 is 0 Å². The lowest BCUT2D eigenvalue weighted by molar-refractivity contribution is -0.726. The van der Waals surface area contributed by atoms with Gasteiger partial charge in [0, 0.05) is 5.92 Å². The Labute approximate surface area is 110 Å². The van der Waals surface area contributed by atoms with Crippen LogP contribution in [0.1, 0.15) is 32.4 Å². The summed E-state index contributed by atoms with van der Waals surface area (Å²) in [7, 11) is 0. The summed E-state index contributed by atoms with van der Waals surface area (Å²) in [5, 5.41) is 0. The van der Waals surface area contributed by atoms with Gasteiger partial charge < -0.3 is 0 Å². The Hall–Kier alpha value is -1.57. The molecule has 0 aliphatic rings. The topological polar surface area (TPSA) is 19.7 Å². The van der Waals surface area contributed by atoms with Gasteiger partial charge in [0.2, 0.25) is 6.33 Å². The van der Waals surface area contributed by atoms with Crippen LogP contribution in [0.4, 0.5) is 0 Å². The Morgan fingerprint density at radius 3 is 2.39 bits per heavy atom. The summed E-state index contributed by atoms with van der Waals surface area (Å²) in [4.78, 5) is 3.13. The molecule has 2 heteroatoms. The van der Waals surface area contributed by atoms with E-state index in [1.54, 1.807) is 0 Å². The van der Waals surface area contributed by atoms with Crippen LogP contribution in [-0.2, 0) is 6.42 Å². The van der Waals surface area contributed by atoms with Gasteiger partial charge in [-0.2, -0.15) is 0 Å². The van der Waals surface area contributed by atoms with Gasteiger partial charge in [-0.1, -0.05) is 44.2 Å². The lowest BCUT2D eigenvalue weighted by Crippen LogP contribution is -2.42. The number of aromatic amines is 1. The second kappa shape index (κ2) is 5.85. The van der Waals surface area contributed by atoms with Gasteiger partial charge in [0.1, 0.15) is 18.4 Å². The van der Waals surface area contributed by atoms with Gasteiger partial charge in [-0.25, -0.2) is 4.57 Å². The zero-order chi connectivity index (χ0) is 13.0. The van der Waals surface area contributed by atoms with E-state index in [1.165, 1.54) is 5.56 Å². The Morgan fingerprint density at radius 1 is 1.11 bits per heavy atom. The lowest BCUT2D eigenvalue weighted by atomic mass is 9.84. The van der Waals surface area contributed by atoms with Crippen molar-refractivity contribution in [1.29, 1.82) is 0 Å². The molecule has 2 nitrogen and oxygen atoms in total. The van der Waals surface area contributed by atoms with Gasteiger partial charge >= 0.3 is 0 Å². The molecule has 0 aliphatic carbocycles. The van der Waals surface area contributed by atoms with Crippen LogP contribution in [-0.4, -0.2) is 4.98 Å². The van der Waals surface area contributed by atoms with E-state index in [4.69, 9.17) is 0 Å². The predicted molar refractivity (Wildman–Crippen MR) is 74.2 cm³/mol. The number of nitrogens with one attached hydrogen (secondary N) is 1. The molecule has 1 heterocycles. The zero-order valence-electron chi connectivity index (χ0n) is 11.5. The second-order valence-electron chi connectivity index (χ2n) is 5.40. The van der Waals surface area contributed by atoms with Crippen LogP contribution < -0.4 is 4.57 Å². The molecule has 18 heavy (non-hydrogen) atoms. The SMILES string of the molecule is CC(C)C(Cc1ccccc1)C(C)[n+]1cc[nH]c1. The van der Waals surface area contributed by atoms with E-state index in [0.717, 1.165) is 6.42 Å². The fourth-order valence-electron chi connectivity index (χ4n) is 2.63. The largest absolute Gasteiger partial charge is 0.250 e. The molecule has 0 fully saturated rings. The van der Waals surface area contributed by atoms with Crippen molar-refractivity contribution in [2.75, 3.05) is 0 Å². The third-order valence-electron chi connectivity index (χ3n) is 3.83. The molecular formula is C16H23N2+. The molecule has 96 valence electrons. The van der Waals surface area contributed by atoms with Crippen molar-refractivity contribution in [1.82, 2.24) is 4.98 Å². The Balaban J connectivity index is 2.14. The standard InChI is InChI=1S/C16H22N2/c1-13(2)16(11-15-7-5-4-6-8-15)14(3)18-10-9-17-12-18/h4-10,12-14,16H,11H2,1-3H3/p+1. The highest BCUT2D eigenvalue weighted by atomic mass is 15.0. The van der Waals surface area contributed by atoms with Crippen LogP contribution in [0.2, 0.25) is 0 Å². The quantitative estimate of drug-likeness (QED) is 0.777. The number of rotatable bonds is 5.